The summed E-state index contributed by atoms with van der Waals surface area (Å²) in [5.74, 6) is 0.581. The molecule has 2 amide bonds. The van der Waals surface area contributed by atoms with Crippen LogP contribution in [0.1, 0.15) is 44.7 Å². The number of ether oxygens (including phenoxy) is 1. The fraction of sp³-hybridized carbons (Fsp3) is 0.441. The van der Waals surface area contributed by atoms with Crippen molar-refractivity contribution in [3.63, 3.8) is 0 Å². The van der Waals surface area contributed by atoms with Crippen molar-refractivity contribution in [2.75, 3.05) is 51.1 Å². The largest absolute Gasteiger partial charge is 0.468 e. The molecular weight excluding hydrogens is 611 g/mol. The molecule has 11 heteroatoms. The molecule has 2 N–H and O–H groups in total. The first-order chi connectivity index (χ1) is 21.5. The Morgan fingerprint density at radius 3 is 2.09 bits per heavy atom. The Balaban J connectivity index is 0.000000878. The third-order valence-electron chi connectivity index (χ3n) is 6.42. The van der Waals surface area contributed by atoms with Gasteiger partial charge in [-0.05, 0) is 21.9 Å². The molecule has 248 valence electrons. The van der Waals surface area contributed by atoms with Crippen molar-refractivity contribution in [2.24, 2.45) is 0 Å². The van der Waals surface area contributed by atoms with Crippen LogP contribution < -0.4 is 10.6 Å². The molecule has 0 saturated heterocycles. The van der Waals surface area contributed by atoms with Gasteiger partial charge in [0.1, 0.15) is 16.4 Å². The van der Waals surface area contributed by atoms with Crippen molar-refractivity contribution in [1.82, 2.24) is 15.5 Å². The van der Waals surface area contributed by atoms with Crippen molar-refractivity contribution in [3.05, 3.63) is 83.9 Å². The fourth-order valence-electron chi connectivity index (χ4n) is 3.63. The normalized spacial score (nSPS) is 10.6. The van der Waals surface area contributed by atoms with E-state index < -0.39 is 15.8 Å². The van der Waals surface area contributed by atoms with Gasteiger partial charge >= 0.3 is 5.97 Å². The second-order valence-corrected chi connectivity index (χ2v) is 13.7. The summed E-state index contributed by atoms with van der Waals surface area (Å²) in [6.45, 7) is 7.34. The van der Waals surface area contributed by atoms with Crippen LogP contribution >= 0.6 is 11.8 Å². The van der Waals surface area contributed by atoms with Crippen molar-refractivity contribution < 1.29 is 27.5 Å². The average Bonchev–Trinajstić information content (AvgIpc) is 3.04. The number of amides is 2. The Hall–Kier alpha value is -3.41. The number of fused-ring (bicyclic) bond motifs is 1. The topological polar surface area (TPSA) is 122 Å². The van der Waals surface area contributed by atoms with E-state index in [1.54, 1.807) is 18.7 Å². The zero-order valence-electron chi connectivity index (χ0n) is 27.2. The maximum absolute atomic E-state index is 12.4. The van der Waals surface area contributed by atoms with E-state index in [9.17, 15) is 22.8 Å². The molecule has 9 nitrogen and oxygen atoms in total. The Bertz CT molecular complexity index is 1390. The second-order valence-electron chi connectivity index (χ2n) is 10.2. The second kappa shape index (κ2) is 23.0. The van der Waals surface area contributed by atoms with E-state index >= 15 is 0 Å². The molecule has 0 bridgehead atoms. The number of carbonyl (C=O) groups is 3. The molecule has 0 aliphatic rings. The van der Waals surface area contributed by atoms with Gasteiger partial charge in [-0.3, -0.25) is 19.3 Å². The fourth-order valence-corrected chi connectivity index (χ4v) is 4.45. The predicted octanol–water partition coefficient (Wildman–Crippen LogP) is 4.84. The van der Waals surface area contributed by atoms with Gasteiger partial charge in [0.25, 0.3) is 0 Å². The van der Waals surface area contributed by atoms with Crippen LogP contribution in [0.4, 0.5) is 0 Å². The Morgan fingerprint density at radius 1 is 0.844 bits per heavy atom. The summed E-state index contributed by atoms with van der Waals surface area (Å²) < 4.78 is 24.6. The maximum atomic E-state index is 12.4. The van der Waals surface area contributed by atoms with E-state index in [1.165, 1.54) is 31.8 Å². The minimum Gasteiger partial charge on any atom is -0.468 e. The molecule has 0 fully saturated rings. The van der Waals surface area contributed by atoms with Crippen LogP contribution in [0.5, 0.6) is 0 Å². The molecule has 3 rings (SSSR count). The minimum absolute atomic E-state index is 0.0359. The number of nitrogens with one attached hydrogen (secondary N) is 2. The smallest absolute Gasteiger partial charge is 0.325 e. The van der Waals surface area contributed by atoms with Crippen molar-refractivity contribution >= 4 is 50.2 Å². The van der Waals surface area contributed by atoms with Gasteiger partial charge in [-0.1, -0.05) is 106 Å². The number of thioether (sulfide) groups is 1. The third kappa shape index (κ3) is 18.9. The van der Waals surface area contributed by atoms with Gasteiger partial charge in [0.05, 0.1) is 19.4 Å². The number of rotatable bonds is 15. The van der Waals surface area contributed by atoms with Gasteiger partial charge in [0.15, 0.2) is 0 Å². The third-order valence-corrected chi connectivity index (χ3v) is 8.47. The summed E-state index contributed by atoms with van der Waals surface area (Å²) in [4.78, 5) is 38.1. The number of hydrogen-bond acceptors (Lipinski definition) is 8. The quantitative estimate of drug-likeness (QED) is 0.223. The monoisotopic (exact) mass is 659 g/mol. The minimum atomic E-state index is -2.66. The molecular formula is C34H49N3O6S2. The van der Waals surface area contributed by atoms with Crippen LogP contribution in [0, 0.1) is 0 Å². The summed E-state index contributed by atoms with van der Waals surface area (Å²) >= 11 is 1.57. The first kappa shape index (κ1) is 39.6. The summed E-state index contributed by atoms with van der Waals surface area (Å²) in [6, 6.07) is 24.2. The van der Waals surface area contributed by atoms with Crippen LogP contribution in [-0.4, -0.2) is 82.2 Å². The summed E-state index contributed by atoms with van der Waals surface area (Å²) in [7, 11) is -1.38. The molecule has 0 radical (unpaired) electrons. The van der Waals surface area contributed by atoms with E-state index in [2.05, 4.69) is 47.4 Å². The lowest BCUT2D eigenvalue weighted by Gasteiger charge is -2.23. The maximum Gasteiger partial charge on any atom is 0.325 e. The van der Waals surface area contributed by atoms with E-state index in [0.717, 1.165) is 22.1 Å². The number of carbonyl (C=O) groups excluding carboxylic acids is 3. The van der Waals surface area contributed by atoms with Crippen molar-refractivity contribution in [2.45, 2.75) is 45.9 Å². The number of esters is 1. The number of benzene rings is 3. The van der Waals surface area contributed by atoms with Crippen LogP contribution in [0.25, 0.3) is 10.8 Å². The Morgan fingerprint density at radius 2 is 1.47 bits per heavy atom. The number of nitrogens with zero attached hydrogens (tertiary/aromatic N) is 1. The lowest BCUT2D eigenvalue weighted by Crippen LogP contribution is -2.42. The number of methoxy groups -OCH3 is 1. The van der Waals surface area contributed by atoms with Crippen LogP contribution in [0.2, 0.25) is 0 Å². The van der Waals surface area contributed by atoms with Crippen LogP contribution in [0.3, 0.4) is 0 Å². The Labute approximate surface area is 273 Å². The summed E-state index contributed by atoms with van der Waals surface area (Å²) in [5, 5.41) is 7.78. The van der Waals surface area contributed by atoms with Crippen LogP contribution in [0.15, 0.2) is 72.8 Å². The zero-order chi connectivity index (χ0) is 33.5. The lowest BCUT2D eigenvalue weighted by atomic mass is 10.0. The van der Waals surface area contributed by atoms with Gasteiger partial charge < -0.3 is 15.4 Å². The first-order valence-corrected chi connectivity index (χ1v) is 18.3. The van der Waals surface area contributed by atoms with Gasteiger partial charge in [0, 0.05) is 37.4 Å². The van der Waals surface area contributed by atoms with Crippen molar-refractivity contribution in [1.29, 1.82) is 0 Å². The van der Waals surface area contributed by atoms with Crippen LogP contribution in [-0.2, 0) is 41.3 Å². The molecule has 0 heterocycles. The molecule has 3 aromatic carbocycles. The number of hydrogen-bond donors (Lipinski definition) is 2. The van der Waals surface area contributed by atoms with Gasteiger partial charge in [-0.25, -0.2) is 8.42 Å². The lowest BCUT2D eigenvalue weighted by molar-refractivity contribution is -0.141. The van der Waals surface area contributed by atoms with Gasteiger partial charge in [-0.2, -0.15) is 0 Å². The molecule has 0 saturated carbocycles. The number of sulfone groups is 1. The molecule has 45 heavy (non-hydrogen) atoms. The molecule has 0 aromatic heterocycles. The molecule has 0 aliphatic heterocycles. The van der Waals surface area contributed by atoms with Gasteiger partial charge in [-0.15, -0.1) is 11.8 Å². The summed E-state index contributed by atoms with van der Waals surface area (Å²) in [6.07, 6.45) is 3.85. The van der Waals surface area contributed by atoms with E-state index in [-0.39, 0.29) is 30.7 Å². The van der Waals surface area contributed by atoms with E-state index in [0.29, 0.717) is 25.4 Å². The van der Waals surface area contributed by atoms with E-state index in [4.69, 9.17) is 0 Å². The zero-order valence-corrected chi connectivity index (χ0v) is 28.8. The molecule has 0 atom stereocenters. The predicted molar refractivity (Wildman–Crippen MR) is 186 cm³/mol. The molecule has 3 aromatic rings. The molecule has 0 aliphatic carbocycles. The highest BCUT2D eigenvalue weighted by Gasteiger charge is 2.14. The highest BCUT2D eigenvalue weighted by molar-refractivity contribution is 7.99. The first-order valence-electron chi connectivity index (χ1n) is 15.1. The Kier molecular flexibility index (Phi) is 20.2. The van der Waals surface area contributed by atoms with Crippen molar-refractivity contribution in [3.8, 4) is 0 Å². The van der Waals surface area contributed by atoms with Gasteiger partial charge in [0.2, 0.25) is 11.8 Å². The molecule has 0 unspecified atom stereocenters. The number of unbranched alkanes of at least 4 members (excludes halogenated alkanes) is 1. The highest BCUT2D eigenvalue weighted by atomic mass is 32.2. The molecule has 0 spiro atoms. The average molecular weight is 660 g/mol. The summed E-state index contributed by atoms with van der Waals surface area (Å²) in [5.41, 5.74) is 2.28. The van der Waals surface area contributed by atoms with E-state index in [1.807, 2.05) is 59.5 Å². The SMILES string of the molecule is CCCC.CCS(C)(=O)=O.COC(=O)CNC(=O)CN(CCNC(=O)CSCc1ccccc1)Cc1cccc2ccccc12. The standard InChI is InChI=1S/C27H31N3O4S.C4H10.C3H8O2S/c1-34-27(33)16-29-25(31)18-30(17-23-12-7-11-22-10-5-6-13-24(22)23)15-14-28-26(32)20-35-19-21-8-3-2-4-9-21;1-3-4-2;1-3-6(2,4)5/h2-13H,14-20H2,1H3,(H,28,32)(H,29,31);3-4H2,1-2H3;3H2,1-2H3. The highest BCUT2D eigenvalue weighted by Crippen LogP contribution is 2.20.